The van der Waals surface area contributed by atoms with Gasteiger partial charge in [-0.1, -0.05) is 0 Å². The van der Waals surface area contributed by atoms with E-state index in [2.05, 4.69) is 0 Å². The average Bonchev–Trinajstić information content (AvgIpc) is 2.63. The number of rotatable bonds is 6. The molecule has 0 aliphatic carbocycles. The fraction of sp³-hybridized carbons (Fsp3) is 0.333. The summed E-state index contributed by atoms with van der Waals surface area (Å²) in [5.74, 6) is -2.93. The summed E-state index contributed by atoms with van der Waals surface area (Å²) in [6.45, 7) is 1.70. The topological polar surface area (TPSA) is 121 Å². The van der Waals surface area contributed by atoms with E-state index < -0.39 is 34.4 Å². The minimum absolute atomic E-state index is 0.0448. The molecule has 0 aliphatic rings. The molecule has 1 heterocycles. The van der Waals surface area contributed by atoms with Gasteiger partial charge in [0.15, 0.2) is 0 Å². The van der Waals surface area contributed by atoms with Gasteiger partial charge in [-0.2, -0.15) is 4.72 Å². The minimum atomic E-state index is -4.00. The van der Waals surface area contributed by atoms with Gasteiger partial charge < -0.3 is 10.2 Å². The summed E-state index contributed by atoms with van der Waals surface area (Å²) < 4.78 is 25.4. The van der Waals surface area contributed by atoms with Crippen molar-refractivity contribution in [1.29, 1.82) is 0 Å². The van der Waals surface area contributed by atoms with Crippen LogP contribution in [0.2, 0.25) is 0 Å². The molecule has 7 nitrogen and oxygen atoms in total. The van der Waals surface area contributed by atoms with Crippen LogP contribution in [0.1, 0.15) is 11.3 Å². The van der Waals surface area contributed by atoms with Crippen molar-refractivity contribution in [2.24, 2.45) is 0 Å². The molecule has 0 spiro atoms. The SMILES string of the molecule is Cc1ccc(S(=O)(=O)N[C@H](CC(=O)O)C(=O)O)s1. The molecular formula is C9H11NO6S2. The number of hydrogen-bond donors (Lipinski definition) is 3. The highest BCUT2D eigenvalue weighted by atomic mass is 32.2. The van der Waals surface area contributed by atoms with Crippen molar-refractivity contribution in [2.75, 3.05) is 0 Å². The van der Waals surface area contributed by atoms with Crippen molar-refractivity contribution in [1.82, 2.24) is 4.72 Å². The van der Waals surface area contributed by atoms with Crippen molar-refractivity contribution in [3.05, 3.63) is 17.0 Å². The van der Waals surface area contributed by atoms with Crippen LogP contribution in [0.4, 0.5) is 0 Å². The second-order valence-corrected chi connectivity index (χ2v) is 6.70. The summed E-state index contributed by atoms with van der Waals surface area (Å²) in [4.78, 5) is 22.0. The van der Waals surface area contributed by atoms with E-state index in [-0.39, 0.29) is 4.21 Å². The number of thiophene rings is 1. The molecule has 100 valence electrons. The molecule has 0 amide bonds. The Morgan fingerprint density at radius 3 is 2.39 bits per heavy atom. The normalized spacial score (nSPS) is 13.2. The summed E-state index contributed by atoms with van der Waals surface area (Å²) in [6.07, 6.45) is -0.821. The molecule has 0 aliphatic heterocycles. The van der Waals surface area contributed by atoms with Gasteiger partial charge in [0.25, 0.3) is 10.0 Å². The largest absolute Gasteiger partial charge is 0.481 e. The molecular weight excluding hydrogens is 282 g/mol. The van der Waals surface area contributed by atoms with Gasteiger partial charge in [-0.05, 0) is 19.1 Å². The Hall–Kier alpha value is -1.45. The molecule has 1 aromatic heterocycles. The maximum atomic E-state index is 11.8. The van der Waals surface area contributed by atoms with E-state index in [9.17, 15) is 18.0 Å². The Balaban J connectivity index is 2.93. The summed E-state index contributed by atoms with van der Waals surface area (Å²) in [5, 5.41) is 17.3. The first-order chi connectivity index (χ1) is 8.22. The van der Waals surface area contributed by atoms with E-state index in [1.165, 1.54) is 6.07 Å². The zero-order valence-electron chi connectivity index (χ0n) is 9.28. The van der Waals surface area contributed by atoms with Crippen LogP contribution >= 0.6 is 11.3 Å². The second-order valence-electron chi connectivity index (χ2n) is 3.48. The first kappa shape index (κ1) is 14.6. The predicted octanol–water partition coefficient (Wildman–Crippen LogP) is 0.263. The Bertz CT molecular complexity index is 561. The van der Waals surface area contributed by atoms with Gasteiger partial charge >= 0.3 is 11.9 Å². The second kappa shape index (κ2) is 5.46. The molecule has 1 atom stereocenters. The molecule has 18 heavy (non-hydrogen) atoms. The number of hydrogen-bond acceptors (Lipinski definition) is 5. The average molecular weight is 293 g/mol. The van der Waals surface area contributed by atoms with Gasteiger partial charge in [-0.3, -0.25) is 9.59 Å². The number of aryl methyl sites for hydroxylation is 1. The van der Waals surface area contributed by atoms with Crippen LogP contribution in [-0.2, 0) is 19.6 Å². The molecule has 0 bridgehead atoms. The first-order valence-electron chi connectivity index (χ1n) is 4.76. The van der Waals surface area contributed by atoms with Crippen LogP contribution in [-0.4, -0.2) is 36.6 Å². The van der Waals surface area contributed by atoms with E-state index in [1.54, 1.807) is 13.0 Å². The Morgan fingerprint density at radius 1 is 1.39 bits per heavy atom. The molecule has 0 saturated carbocycles. The lowest BCUT2D eigenvalue weighted by Gasteiger charge is -2.11. The summed E-state index contributed by atoms with van der Waals surface area (Å²) >= 11 is 0.976. The van der Waals surface area contributed by atoms with Crippen LogP contribution in [0.15, 0.2) is 16.3 Å². The third kappa shape index (κ3) is 3.79. The van der Waals surface area contributed by atoms with Crippen LogP contribution in [0.3, 0.4) is 0 Å². The Kier molecular flexibility index (Phi) is 4.43. The molecule has 0 unspecified atom stereocenters. The highest BCUT2D eigenvalue weighted by Gasteiger charge is 2.28. The number of carboxylic acid groups (broad SMARTS) is 2. The van der Waals surface area contributed by atoms with Crippen LogP contribution < -0.4 is 4.72 Å². The van der Waals surface area contributed by atoms with Crippen molar-refractivity contribution in [3.8, 4) is 0 Å². The maximum absolute atomic E-state index is 11.8. The van der Waals surface area contributed by atoms with Crippen molar-refractivity contribution in [2.45, 2.75) is 23.6 Å². The molecule has 0 aromatic carbocycles. The van der Waals surface area contributed by atoms with Gasteiger partial charge in [0, 0.05) is 4.88 Å². The third-order valence-electron chi connectivity index (χ3n) is 1.95. The van der Waals surface area contributed by atoms with Crippen LogP contribution in [0, 0.1) is 6.92 Å². The molecule has 0 radical (unpaired) electrons. The summed E-state index contributed by atoms with van der Waals surface area (Å²) in [5.41, 5.74) is 0. The number of sulfonamides is 1. The molecule has 0 saturated heterocycles. The number of carboxylic acids is 2. The summed E-state index contributed by atoms with van der Waals surface area (Å²) in [6, 6.07) is 1.23. The molecule has 1 aromatic rings. The highest BCUT2D eigenvalue weighted by molar-refractivity contribution is 7.91. The lowest BCUT2D eigenvalue weighted by atomic mass is 10.2. The molecule has 0 fully saturated rings. The monoisotopic (exact) mass is 293 g/mol. The predicted molar refractivity (Wildman–Crippen MR) is 63.1 cm³/mol. The van der Waals surface area contributed by atoms with Crippen LogP contribution in [0.5, 0.6) is 0 Å². The molecule has 9 heteroatoms. The number of carbonyl (C=O) groups is 2. The van der Waals surface area contributed by atoms with Crippen molar-refractivity contribution >= 4 is 33.3 Å². The van der Waals surface area contributed by atoms with Gasteiger partial charge in [0.1, 0.15) is 10.3 Å². The van der Waals surface area contributed by atoms with Gasteiger partial charge in [0.2, 0.25) is 0 Å². The number of nitrogens with one attached hydrogen (secondary N) is 1. The lowest BCUT2D eigenvalue weighted by Crippen LogP contribution is -2.41. The van der Waals surface area contributed by atoms with E-state index in [4.69, 9.17) is 10.2 Å². The van der Waals surface area contributed by atoms with Gasteiger partial charge in [-0.15, -0.1) is 11.3 Å². The lowest BCUT2D eigenvalue weighted by molar-refractivity contribution is -0.145. The van der Waals surface area contributed by atoms with Crippen molar-refractivity contribution < 1.29 is 28.2 Å². The first-order valence-corrected chi connectivity index (χ1v) is 7.05. The molecule has 1 rings (SSSR count). The van der Waals surface area contributed by atoms with Gasteiger partial charge in [0.05, 0.1) is 6.42 Å². The smallest absolute Gasteiger partial charge is 0.322 e. The Morgan fingerprint density at radius 2 is 2.00 bits per heavy atom. The maximum Gasteiger partial charge on any atom is 0.322 e. The number of aliphatic carboxylic acids is 2. The molecule has 3 N–H and O–H groups in total. The summed E-state index contributed by atoms with van der Waals surface area (Å²) in [7, 11) is -4.00. The highest BCUT2D eigenvalue weighted by Crippen LogP contribution is 2.20. The Labute approximate surface area is 107 Å². The van der Waals surface area contributed by atoms with E-state index in [0.29, 0.717) is 0 Å². The fourth-order valence-electron chi connectivity index (χ4n) is 1.16. The van der Waals surface area contributed by atoms with E-state index in [1.807, 2.05) is 4.72 Å². The zero-order chi connectivity index (χ0) is 13.9. The third-order valence-corrected chi connectivity index (χ3v) is 4.92. The van der Waals surface area contributed by atoms with E-state index in [0.717, 1.165) is 16.2 Å². The quantitative estimate of drug-likeness (QED) is 0.692. The fourth-order valence-corrected chi connectivity index (χ4v) is 3.64. The van der Waals surface area contributed by atoms with Crippen LogP contribution in [0.25, 0.3) is 0 Å². The van der Waals surface area contributed by atoms with Crippen molar-refractivity contribution in [3.63, 3.8) is 0 Å². The van der Waals surface area contributed by atoms with Gasteiger partial charge in [-0.25, -0.2) is 8.42 Å². The van der Waals surface area contributed by atoms with E-state index >= 15 is 0 Å². The zero-order valence-corrected chi connectivity index (χ0v) is 10.9. The minimum Gasteiger partial charge on any atom is -0.481 e. The standard InChI is InChI=1S/C9H11NO6S2/c1-5-2-3-8(17-5)18(15,16)10-6(9(13)14)4-7(11)12/h2-3,6,10H,4H2,1H3,(H,11,12)(H,13,14)/t6-/m1/s1.